The number of amides is 2. The Morgan fingerprint density at radius 2 is 1.71 bits per heavy atom. The molecular formula is C26H30FN3O7S. The molecule has 0 spiro atoms. The fraction of sp³-hybridized carbons (Fsp3) is 0.385. The highest BCUT2D eigenvalue weighted by atomic mass is 32.2. The van der Waals surface area contributed by atoms with Gasteiger partial charge in [-0.1, -0.05) is 18.6 Å². The van der Waals surface area contributed by atoms with Gasteiger partial charge in [-0.25, -0.2) is 4.39 Å². The van der Waals surface area contributed by atoms with Gasteiger partial charge in [0.15, 0.2) is 5.78 Å². The first kappa shape index (κ1) is 30.4. The fourth-order valence-electron chi connectivity index (χ4n) is 3.28. The van der Waals surface area contributed by atoms with Gasteiger partial charge in [-0.3, -0.25) is 29.0 Å². The maximum atomic E-state index is 13.0. The van der Waals surface area contributed by atoms with Crippen LogP contribution in [0.2, 0.25) is 0 Å². The number of benzene rings is 1. The van der Waals surface area contributed by atoms with Gasteiger partial charge in [0.05, 0.1) is 36.5 Å². The number of nitrogens with one attached hydrogen (secondary N) is 2. The van der Waals surface area contributed by atoms with Crippen LogP contribution in [0.5, 0.6) is 0 Å². The minimum atomic E-state index is -1.27. The second-order valence-corrected chi connectivity index (χ2v) is 9.30. The third-order valence-electron chi connectivity index (χ3n) is 5.33. The third kappa shape index (κ3) is 11.1. The molecule has 0 aliphatic rings. The van der Waals surface area contributed by atoms with Crippen molar-refractivity contribution in [2.24, 2.45) is 0 Å². The predicted octanol–water partition coefficient (Wildman–Crippen LogP) is 2.76. The van der Waals surface area contributed by atoms with E-state index >= 15 is 0 Å². The first-order valence-corrected chi connectivity index (χ1v) is 13.0. The summed E-state index contributed by atoms with van der Waals surface area (Å²) in [6.45, 7) is 0.362. The van der Waals surface area contributed by atoms with Crippen LogP contribution in [0.15, 0.2) is 42.7 Å². The number of unbranched alkanes of at least 4 members (excludes halogenated alkanes) is 2. The molecule has 2 rings (SSSR count). The zero-order chi connectivity index (χ0) is 27.9. The number of aromatic nitrogens is 1. The van der Waals surface area contributed by atoms with Crippen molar-refractivity contribution in [1.82, 2.24) is 15.6 Å². The molecule has 1 aromatic carbocycles. The van der Waals surface area contributed by atoms with Crippen molar-refractivity contribution >= 4 is 41.3 Å². The van der Waals surface area contributed by atoms with Gasteiger partial charge in [-0.2, -0.15) is 0 Å². The van der Waals surface area contributed by atoms with E-state index in [1.807, 2.05) is 0 Å². The number of nitrogens with zero attached hydrogens (tertiary/aromatic N) is 1. The lowest BCUT2D eigenvalue weighted by Gasteiger charge is -2.16. The number of hydrogen-bond donors (Lipinski definition) is 3. The van der Waals surface area contributed by atoms with Crippen LogP contribution in [-0.2, 0) is 24.9 Å². The number of carbonyl (C=O) groups is 5. The van der Waals surface area contributed by atoms with Crippen molar-refractivity contribution in [3.63, 3.8) is 0 Å². The summed E-state index contributed by atoms with van der Waals surface area (Å²) in [5.74, 6) is -3.24. The fourth-order valence-corrected chi connectivity index (χ4v) is 4.21. The van der Waals surface area contributed by atoms with Crippen molar-refractivity contribution in [3.05, 3.63) is 65.2 Å². The topological polar surface area (TPSA) is 152 Å². The van der Waals surface area contributed by atoms with Crippen LogP contribution in [0.4, 0.5) is 4.39 Å². The van der Waals surface area contributed by atoms with Crippen LogP contribution >= 0.6 is 11.8 Å². The van der Waals surface area contributed by atoms with Crippen LogP contribution in [0, 0.1) is 5.82 Å². The quantitative estimate of drug-likeness (QED) is 0.213. The van der Waals surface area contributed by atoms with E-state index in [2.05, 4.69) is 20.4 Å². The lowest BCUT2D eigenvalue weighted by molar-refractivity contribution is -0.141. The Balaban J connectivity index is 1.89. The number of methoxy groups -OCH3 is 1. The Bertz CT molecular complexity index is 1130. The van der Waals surface area contributed by atoms with Crippen LogP contribution in [-0.4, -0.2) is 65.1 Å². The molecule has 2 amide bonds. The number of pyridine rings is 1. The zero-order valence-electron chi connectivity index (χ0n) is 20.9. The predicted molar refractivity (Wildman–Crippen MR) is 138 cm³/mol. The molecule has 0 aliphatic carbocycles. The molecule has 0 bridgehead atoms. The minimum Gasteiger partial charge on any atom is -0.481 e. The monoisotopic (exact) mass is 547 g/mol. The summed E-state index contributed by atoms with van der Waals surface area (Å²) in [5.41, 5.74) is 0.923. The highest BCUT2D eigenvalue weighted by Crippen LogP contribution is 2.14. The Morgan fingerprint density at radius 3 is 2.37 bits per heavy atom. The Hall–Kier alpha value is -3.80. The highest BCUT2D eigenvalue weighted by molar-refractivity contribution is 7.99. The number of hydrogen-bond acceptors (Lipinski definition) is 8. The maximum Gasteiger partial charge on any atom is 0.305 e. The molecule has 38 heavy (non-hydrogen) atoms. The van der Waals surface area contributed by atoms with Crippen molar-refractivity contribution in [3.8, 4) is 0 Å². The third-order valence-corrected chi connectivity index (χ3v) is 6.36. The number of rotatable bonds is 16. The lowest BCUT2D eigenvalue weighted by atomic mass is 10.1. The molecule has 3 N–H and O–H groups in total. The normalized spacial score (nSPS) is 11.3. The number of carboxylic acid groups (broad SMARTS) is 1. The van der Waals surface area contributed by atoms with Crippen molar-refractivity contribution < 1.29 is 38.2 Å². The summed E-state index contributed by atoms with van der Waals surface area (Å²) >= 11 is 1.22. The molecule has 12 heteroatoms. The van der Waals surface area contributed by atoms with Gasteiger partial charge in [0.2, 0.25) is 0 Å². The van der Waals surface area contributed by atoms with E-state index in [1.165, 1.54) is 49.5 Å². The summed E-state index contributed by atoms with van der Waals surface area (Å²) in [6, 6.07) is 5.82. The molecule has 204 valence electrons. The van der Waals surface area contributed by atoms with E-state index < -0.39 is 36.0 Å². The van der Waals surface area contributed by atoms with E-state index in [0.29, 0.717) is 31.6 Å². The van der Waals surface area contributed by atoms with E-state index in [-0.39, 0.29) is 28.7 Å². The van der Waals surface area contributed by atoms with Crippen molar-refractivity contribution in [1.29, 1.82) is 0 Å². The first-order chi connectivity index (χ1) is 18.2. The number of carbonyl (C=O) groups excluding carboxylic acids is 4. The van der Waals surface area contributed by atoms with Gasteiger partial charge in [-0.05, 0) is 36.6 Å². The molecule has 1 heterocycles. The van der Waals surface area contributed by atoms with E-state index in [1.54, 1.807) is 12.1 Å². The lowest BCUT2D eigenvalue weighted by Crippen LogP contribution is -2.43. The summed E-state index contributed by atoms with van der Waals surface area (Å²) in [7, 11) is 1.33. The van der Waals surface area contributed by atoms with Crippen molar-refractivity contribution in [2.45, 2.75) is 43.9 Å². The number of halogens is 1. The SMILES string of the molecule is COC(=O)CCCCCNC(=O)c1cncc(C(=O)N[C@@H](CC(=O)O)C(=O)CSCc2ccc(F)cc2)c1. The Morgan fingerprint density at radius 1 is 1.03 bits per heavy atom. The van der Waals surface area contributed by atoms with Gasteiger partial charge >= 0.3 is 11.9 Å². The van der Waals surface area contributed by atoms with E-state index in [9.17, 15) is 33.5 Å². The van der Waals surface area contributed by atoms with Crippen LogP contribution in [0.1, 0.15) is 58.4 Å². The Kier molecular flexibility index (Phi) is 12.9. The summed E-state index contributed by atoms with van der Waals surface area (Å²) in [4.78, 5) is 64.1. The molecule has 0 saturated heterocycles. The molecule has 1 aromatic heterocycles. The van der Waals surface area contributed by atoms with Crippen LogP contribution in [0.25, 0.3) is 0 Å². The number of Topliss-reactive ketones (excluding diaryl/α,β-unsaturated/α-hetero) is 1. The van der Waals surface area contributed by atoms with Gasteiger partial charge in [0, 0.05) is 31.1 Å². The summed E-state index contributed by atoms with van der Waals surface area (Å²) < 4.78 is 17.6. The minimum absolute atomic E-state index is 0.00196. The number of ether oxygens (including phenoxy) is 1. The molecule has 0 fully saturated rings. The maximum absolute atomic E-state index is 13.0. The molecule has 0 unspecified atom stereocenters. The summed E-state index contributed by atoms with van der Waals surface area (Å²) in [6.07, 6.45) is 4.21. The van der Waals surface area contributed by atoms with Gasteiger partial charge in [-0.15, -0.1) is 11.8 Å². The molecule has 2 aromatic rings. The average molecular weight is 548 g/mol. The number of ketones is 1. The molecule has 0 radical (unpaired) electrons. The van der Waals surface area contributed by atoms with Crippen LogP contribution < -0.4 is 10.6 Å². The highest BCUT2D eigenvalue weighted by Gasteiger charge is 2.24. The number of esters is 1. The molecule has 0 aliphatic heterocycles. The average Bonchev–Trinajstić information content (AvgIpc) is 2.90. The van der Waals surface area contributed by atoms with Gasteiger partial charge in [0.25, 0.3) is 11.8 Å². The van der Waals surface area contributed by atoms with Crippen molar-refractivity contribution in [2.75, 3.05) is 19.4 Å². The van der Waals surface area contributed by atoms with E-state index in [0.717, 1.165) is 12.0 Å². The largest absolute Gasteiger partial charge is 0.481 e. The van der Waals surface area contributed by atoms with Crippen LogP contribution in [0.3, 0.4) is 0 Å². The summed E-state index contributed by atoms with van der Waals surface area (Å²) in [5, 5.41) is 14.3. The molecular weight excluding hydrogens is 517 g/mol. The zero-order valence-corrected chi connectivity index (χ0v) is 21.7. The van der Waals surface area contributed by atoms with Gasteiger partial charge in [0.1, 0.15) is 5.82 Å². The van der Waals surface area contributed by atoms with Gasteiger partial charge < -0.3 is 20.5 Å². The first-order valence-electron chi connectivity index (χ1n) is 11.9. The number of thioether (sulfide) groups is 1. The smallest absolute Gasteiger partial charge is 0.305 e. The standard InChI is InChI=1S/C26H30FN3O7S/c1-37-24(34)5-3-2-4-10-29-25(35)18-11-19(14-28-13-18)26(36)30-21(12-23(32)33)22(31)16-38-15-17-6-8-20(27)9-7-17/h6-9,11,13-14,21H,2-5,10,12,15-16H2,1H3,(H,29,35)(H,30,36)(H,32,33)/t21-/m0/s1. The molecule has 10 nitrogen and oxygen atoms in total. The second kappa shape index (κ2) is 16.1. The molecule has 0 saturated carbocycles. The number of aliphatic carboxylic acids is 1. The Labute approximate surface area is 223 Å². The molecule has 1 atom stereocenters. The van der Waals surface area contributed by atoms with E-state index in [4.69, 9.17) is 0 Å². The number of carboxylic acids is 1. The second-order valence-electron chi connectivity index (χ2n) is 8.31.